The van der Waals surface area contributed by atoms with Crippen molar-refractivity contribution in [2.24, 2.45) is 11.8 Å². The highest BCUT2D eigenvalue weighted by atomic mass is 16.5. The predicted octanol–water partition coefficient (Wildman–Crippen LogP) is 3.22. The highest BCUT2D eigenvalue weighted by Crippen LogP contribution is 2.29. The molecule has 1 aliphatic rings. The van der Waals surface area contributed by atoms with E-state index < -0.39 is 0 Å². The Kier molecular flexibility index (Phi) is 5.26. The maximum absolute atomic E-state index is 5.46. The van der Waals surface area contributed by atoms with Gasteiger partial charge < -0.3 is 10.1 Å². The SMILES string of the molecule is COC(C)(C)CC(C)NCC1CCC(C)C1. The first-order valence-electron chi connectivity index (χ1n) is 6.71. The first-order chi connectivity index (χ1) is 7.43. The lowest BCUT2D eigenvalue weighted by Crippen LogP contribution is -2.37. The number of hydrogen-bond donors (Lipinski definition) is 1. The number of hydrogen-bond acceptors (Lipinski definition) is 2. The van der Waals surface area contributed by atoms with E-state index in [-0.39, 0.29) is 5.60 Å². The normalized spacial score (nSPS) is 28.3. The van der Waals surface area contributed by atoms with Gasteiger partial charge in [-0.05, 0) is 58.4 Å². The summed E-state index contributed by atoms with van der Waals surface area (Å²) >= 11 is 0. The van der Waals surface area contributed by atoms with Crippen molar-refractivity contribution in [3.8, 4) is 0 Å². The fourth-order valence-electron chi connectivity index (χ4n) is 2.77. The highest BCUT2D eigenvalue weighted by molar-refractivity contribution is 4.79. The van der Waals surface area contributed by atoms with Crippen LogP contribution in [0.2, 0.25) is 0 Å². The van der Waals surface area contributed by atoms with Gasteiger partial charge >= 0.3 is 0 Å². The van der Waals surface area contributed by atoms with Crippen LogP contribution in [0.5, 0.6) is 0 Å². The summed E-state index contributed by atoms with van der Waals surface area (Å²) in [5.41, 5.74) is -0.00458. The molecule has 16 heavy (non-hydrogen) atoms. The molecule has 0 aromatic rings. The number of methoxy groups -OCH3 is 1. The lowest BCUT2D eigenvalue weighted by Gasteiger charge is -2.27. The largest absolute Gasteiger partial charge is 0.379 e. The Bertz CT molecular complexity index is 203. The molecule has 3 atom stereocenters. The molecule has 2 heteroatoms. The molecule has 0 radical (unpaired) electrons. The average molecular weight is 227 g/mol. The van der Waals surface area contributed by atoms with E-state index in [1.54, 1.807) is 7.11 Å². The molecule has 0 amide bonds. The Morgan fingerprint density at radius 1 is 1.38 bits per heavy atom. The Labute approximate surface area is 101 Å². The van der Waals surface area contributed by atoms with Gasteiger partial charge in [-0.25, -0.2) is 0 Å². The molecule has 0 aliphatic heterocycles. The number of nitrogens with one attached hydrogen (secondary N) is 1. The minimum absolute atomic E-state index is 0.00458. The monoisotopic (exact) mass is 227 g/mol. The van der Waals surface area contributed by atoms with Crippen LogP contribution in [-0.2, 0) is 4.74 Å². The van der Waals surface area contributed by atoms with Gasteiger partial charge in [0.2, 0.25) is 0 Å². The van der Waals surface area contributed by atoms with Crippen LogP contribution in [0.25, 0.3) is 0 Å². The van der Waals surface area contributed by atoms with Gasteiger partial charge in [0.05, 0.1) is 5.60 Å². The van der Waals surface area contributed by atoms with Gasteiger partial charge in [0.1, 0.15) is 0 Å². The fourth-order valence-corrected chi connectivity index (χ4v) is 2.77. The van der Waals surface area contributed by atoms with Crippen LogP contribution >= 0.6 is 0 Å². The average Bonchev–Trinajstić information content (AvgIpc) is 2.61. The Hall–Kier alpha value is -0.0800. The van der Waals surface area contributed by atoms with Crippen molar-refractivity contribution < 1.29 is 4.74 Å². The third-order valence-corrected chi connectivity index (χ3v) is 3.91. The van der Waals surface area contributed by atoms with E-state index in [4.69, 9.17) is 4.74 Å². The third-order valence-electron chi connectivity index (χ3n) is 3.91. The molecule has 1 rings (SSSR count). The molecule has 0 heterocycles. The molecule has 1 fully saturated rings. The van der Waals surface area contributed by atoms with Crippen molar-refractivity contribution in [3.63, 3.8) is 0 Å². The van der Waals surface area contributed by atoms with Gasteiger partial charge in [-0.15, -0.1) is 0 Å². The van der Waals surface area contributed by atoms with Crippen molar-refractivity contribution in [1.82, 2.24) is 5.32 Å². The maximum Gasteiger partial charge on any atom is 0.0637 e. The van der Waals surface area contributed by atoms with E-state index in [9.17, 15) is 0 Å². The molecule has 1 saturated carbocycles. The maximum atomic E-state index is 5.46. The molecule has 1 N–H and O–H groups in total. The first kappa shape index (κ1) is 14.0. The summed E-state index contributed by atoms with van der Waals surface area (Å²) in [5.74, 6) is 1.85. The van der Waals surface area contributed by atoms with Crippen LogP contribution in [0.3, 0.4) is 0 Å². The van der Waals surface area contributed by atoms with Crippen LogP contribution < -0.4 is 5.32 Å². The molecule has 0 bridgehead atoms. The van der Waals surface area contributed by atoms with E-state index in [0.717, 1.165) is 18.3 Å². The summed E-state index contributed by atoms with van der Waals surface area (Å²) in [7, 11) is 1.80. The van der Waals surface area contributed by atoms with Gasteiger partial charge in [-0.3, -0.25) is 0 Å². The van der Waals surface area contributed by atoms with Crippen molar-refractivity contribution in [2.45, 2.75) is 65.0 Å². The molecular weight excluding hydrogens is 198 g/mol. The summed E-state index contributed by atoms with van der Waals surface area (Å²) in [6, 6.07) is 0.547. The third kappa shape index (κ3) is 4.84. The molecule has 0 aromatic carbocycles. The molecule has 2 nitrogen and oxygen atoms in total. The smallest absolute Gasteiger partial charge is 0.0637 e. The number of rotatable bonds is 6. The standard InChI is InChI=1S/C14H29NO/c1-11-6-7-13(8-11)10-15-12(2)9-14(3,4)16-5/h11-13,15H,6-10H2,1-5H3. The van der Waals surface area contributed by atoms with Gasteiger partial charge in [0.15, 0.2) is 0 Å². The summed E-state index contributed by atoms with van der Waals surface area (Å²) in [5, 5.41) is 3.66. The molecule has 0 spiro atoms. The van der Waals surface area contributed by atoms with Gasteiger partial charge in [0, 0.05) is 13.2 Å². The zero-order chi connectivity index (χ0) is 12.2. The second-order valence-electron chi connectivity index (χ2n) is 6.26. The van der Waals surface area contributed by atoms with Crippen molar-refractivity contribution in [3.05, 3.63) is 0 Å². The summed E-state index contributed by atoms with van der Waals surface area (Å²) in [6.45, 7) is 10.1. The van der Waals surface area contributed by atoms with E-state index in [0.29, 0.717) is 6.04 Å². The molecule has 96 valence electrons. The Balaban J connectivity index is 2.17. The minimum Gasteiger partial charge on any atom is -0.379 e. The topological polar surface area (TPSA) is 21.3 Å². The van der Waals surface area contributed by atoms with Crippen LogP contribution in [0.4, 0.5) is 0 Å². The summed E-state index contributed by atoms with van der Waals surface area (Å²) in [6.07, 6.45) is 5.32. The van der Waals surface area contributed by atoms with Crippen molar-refractivity contribution >= 4 is 0 Å². The fraction of sp³-hybridized carbons (Fsp3) is 1.00. The van der Waals surface area contributed by atoms with Crippen LogP contribution in [0.15, 0.2) is 0 Å². The molecule has 3 unspecified atom stereocenters. The van der Waals surface area contributed by atoms with E-state index in [1.165, 1.54) is 25.8 Å². The first-order valence-corrected chi connectivity index (χ1v) is 6.71. The number of ether oxygens (including phenoxy) is 1. The lowest BCUT2D eigenvalue weighted by atomic mass is 9.99. The van der Waals surface area contributed by atoms with Crippen LogP contribution in [-0.4, -0.2) is 25.3 Å². The Morgan fingerprint density at radius 3 is 2.56 bits per heavy atom. The summed E-state index contributed by atoms with van der Waals surface area (Å²) < 4.78 is 5.46. The van der Waals surface area contributed by atoms with Gasteiger partial charge in [-0.2, -0.15) is 0 Å². The zero-order valence-corrected chi connectivity index (χ0v) is 11.7. The van der Waals surface area contributed by atoms with E-state index in [2.05, 4.69) is 33.0 Å². The predicted molar refractivity (Wildman–Crippen MR) is 69.7 cm³/mol. The van der Waals surface area contributed by atoms with Crippen molar-refractivity contribution in [1.29, 1.82) is 0 Å². The highest BCUT2D eigenvalue weighted by Gasteiger charge is 2.23. The molecule has 0 saturated heterocycles. The van der Waals surface area contributed by atoms with E-state index in [1.807, 2.05) is 0 Å². The molecule has 1 aliphatic carbocycles. The van der Waals surface area contributed by atoms with Gasteiger partial charge in [0.25, 0.3) is 0 Å². The minimum atomic E-state index is -0.00458. The van der Waals surface area contributed by atoms with Crippen LogP contribution in [0.1, 0.15) is 53.4 Å². The second-order valence-corrected chi connectivity index (χ2v) is 6.26. The van der Waals surface area contributed by atoms with Crippen LogP contribution in [0, 0.1) is 11.8 Å². The second kappa shape index (κ2) is 6.02. The van der Waals surface area contributed by atoms with Gasteiger partial charge in [-0.1, -0.05) is 13.3 Å². The molecular formula is C14H29NO. The Morgan fingerprint density at radius 2 is 2.06 bits per heavy atom. The van der Waals surface area contributed by atoms with E-state index >= 15 is 0 Å². The quantitative estimate of drug-likeness (QED) is 0.752. The lowest BCUT2D eigenvalue weighted by molar-refractivity contribution is 0.00832. The van der Waals surface area contributed by atoms with Crippen molar-refractivity contribution in [2.75, 3.05) is 13.7 Å². The zero-order valence-electron chi connectivity index (χ0n) is 11.7. The molecule has 0 aromatic heterocycles. The summed E-state index contributed by atoms with van der Waals surface area (Å²) in [4.78, 5) is 0.